The quantitative estimate of drug-likeness (QED) is 0.125. The predicted molar refractivity (Wildman–Crippen MR) is 150 cm³/mol. The van der Waals surface area contributed by atoms with Gasteiger partial charge in [0.1, 0.15) is 35.9 Å². The number of phenolic OH excluding ortho intramolecular Hbond substituents is 2. The first-order valence-corrected chi connectivity index (χ1v) is 14.9. The fourth-order valence-electron chi connectivity index (χ4n) is 6.28. The highest BCUT2D eigenvalue weighted by atomic mass is 32.2. The molecule has 8 N–H and O–H groups in total. The number of hydrogen-bond donors (Lipinski definition) is 8. The number of carbonyl (C=O) groups excluding carboxylic acids is 2. The highest BCUT2D eigenvalue weighted by Crippen LogP contribution is 2.49. The second-order valence-corrected chi connectivity index (χ2v) is 12.3. The Morgan fingerprint density at radius 1 is 0.860 bits per heavy atom. The third-order valence-electron chi connectivity index (χ3n) is 8.01. The number of amides is 2. The minimum absolute atomic E-state index is 0.00539. The Kier molecular flexibility index (Phi) is 5.83. The number of nitrogens with zero attached hydrogens (tertiary/aromatic N) is 2. The van der Waals surface area contributed by atoms with E-state index in [9.17, 15) is 48.6 Å². The number of sulfonamides is 1. The van der Waals surface area contributed by atoms with E-state index in [1.165, 1.54) is 34.9 Å². The van der Waals surface area contributed by atoms with Gasteiger partial charge in [-0.1, -0.05) is 24.3 Å². The molecule has 5 atom stereocenters. The van der Waals surface area contributed by atoms with Crippen molar-refractivity contribution in [2.75, 3.05) is 12.9 Å². The molecular weight excluding hydrogens is 588 g/mol. The number of aromatic hydroxyl groups is 2. The maximum Gasteiger partial charge on any atom is 0.277 e. The minimum atomic E-state index is -4.11. The summed E-state index contributed by atoms with van der Waals surface area (Å²) in [7, 11) is -4.11. The number of hydrogen-bond acceptors (Lipinski definition) is 11. The van der Waals surface area contributed by atoms with E-state index in [1.54, 1.807) is 6.07 Å². The van der Waals surface area contributed by atoms with Crippen LogP contribution in [0.5, 0.6) is 11.5 Å². The Hall–Kier alpha value is -4.29. The molecule has 3 aromatic carbocycles. The third kappa shape index (κ3) is 3.65. The minimum Gasteiger partial charge on any atom is -0.506 e. The van der Waals surface area contributed by atoms with E-state index in [-0.39, 0.29) is 60.9 Å². The molecule has 5 aromatic rings. The number of carbonyl (C=O) groups is 2. The van der Waals surface area contributed by atoms with Gasteiger partial charge in [0.05, 0.1) is 46.1 Å². The molecule has 1 saturated heterocycles. The summed E-state index contributed by atoms with van der Waals surface area (Å²) in [6.07, 6.45) is -7.45. The first-order chi connectivity index (χ1) is 20.4. The number of H-pyrrole nitrogens is 1. The number of benzene rings is 3. The molecule has 0 unspecified atom stereocenters. The highest BCUT2D eigenvalue weighted by molar-refractivity contribution is 7.88. The van der Waals surface area contributed by atoms with Gasteiger partial charge in [0.2, 0.25) is 10.0 Å². The SMILES string of the molecule is CS(=O)(=O)NN1C(=O)c2c(c3c4cccc(O)c4n([C@@H]4O[C@H](CO)[C@@H](O)[C@H](O)[C@H]4O)c3c3[nH]c4c(O)cccc4c23)C1=O. The number of phenols is 2. The van der Waals surface area contributed by atoms with Crippen LogP contribution in [-0.2, 0) is 14.8 Å². The summed E-state index contributed by atoms with van der Waals surface area (Å²) in [4.78, 5) is 32.7. The first-order valence-electron chi connectivity index (χ1n) is 13.0. The lowest BCUT2D eigenvalue weighted by Crippen LogP contribution is -2.56. The van der Waals surface area contributed by atoms with E-state index in [4.69, 9.17) is 4.74 Å². The van der Waals surface area contributed by atoms with E-state index < -0.39 is 59.1 Å². The largest absolute Gasteiger partial charge is 0.506 e. The van der Waals surface area contributed by atoms with E-state index in [2.05, 4.69) is 4.98 Å². The molecule has 15 nitrogen and oxygen atoms in total. The van der Waals surface area contributed by atoms with Gasteiger partial charge >= 0.3 is 0 Å². The molecule has 7 rings (SSSR count). The number of ether oxygens (including phenoxy) is 1. The van der Waals surface area contributed by atoms with Crippen LogP contribution in [0.25, 0.3) is 43.6 Å². The standard InChI is InChI=1S/C27H24N4O11S/c1-43(40,41)29-31-25(38)16-14-9-4-2-6-11(33)18(9)28-19(14)21-15(17(16)26(31)39)10-5-3-7-12(34)20(10)30(21)27-24(37)23(36)22(35)13(8-32)42-27/h2-7,13,22-24,27-29,32-37H,8H2,1H3/t13-,22-,23+,24-,27-/m1/s1. The molecule has 43 heavy (non-hydrogen) atoms. The van der Waals surface area contributed by atoms with Crippen molar-refractivity contribution in [1.82, 2.24) is 19.4 Å². The van der Waals surface area contributed by atoms with Crippen LogP contribution in [0.15, 0.2) is 36.4 Å². The molecule has 0 radical (unpaired) electrons. The smallest absolute Gasteiger partial charge is 0.277 e. The fraction of sp³-hybridized carbons (Fsp3) is 0.259. The first kappa shape index (κ1) is 27.5. The van der Waals surface area contributed by atoms with Gasteiger partial charge in [0, 0.05) is 21.5 Å². The van der Waals surface area contributed by atoms with Gasteiger partial charge in [-0.3, -0.25) is 9.59 Å². The maximum atomic E-state index is 13.9. The molecular formula is C27H24N4O11S. The summed E-state index contributed by atoms with van der Waals surface area (Å²) in [5.74, 6) is -2.58. The van der Waals surface area contributed by atoms with Crippen LogP contribution in [0.4, 0.5) is 0 Å². The van der Waals surface area contributed by atoms with Crippen LogP contribution in [0, 0.1) is 0 Å². The molecule has 1 fully saturated rings. The number of aromatic nitrogens is 2. The van der Waals surface area contributed by atoms with Crippen molar-refractivity contribution in [3.63, 3.8) is 0 Å². The number of fused-ring (bicyclic) bond motifs is 10. The maximum absolute atomic E-state index is 13.9. The lowest BCUT2D eigenvalue weighted by molar-refractivity contribution is -0.249. The van der Waals surface area contributed by atoms with Crippen LogP contribution >= 0.6 is 0 Å². The summed E-state index contributed by atoms with van der Waals surface area (Å²) in [5, 5.41) is 64.9. The Balaban J connectivity index is 1.71. The molecule has 0 aliphatic carbocycles. The zero-order valence-corrected chi connectivity index (χ0v) is 22.9. The molecule has 224 valence electrons. The van der Waals surface area contributed by atoms with Gasteiger partial charge < -0.3 is 44.9 Å². The Labute approximate surface area is 240 Å². The molecule has 0 bridgehead atoms. The average Bonchev–Trinajstić information content (AvgIpc) is 3.58. The van der Waals surface area contributed by atoms with Crippen molar-refractivity contribution in [2.45, 2.75) is 30.6 Å². The van der Waals surface area contributed by atoms with E-state index in [0.717, 1.165) is 6.26 Å². The third-order valence-corrected chi connectivity index (χ3v) is 8.53. The zero-order valence-electron chi connectivity index (χ0n) is 22.1. The van der Waals surface area contributed by atoms with Crippen LogP contribution in [0.3, 0.4) is 0 Å². The van der Waals surface area contributed by atoms with Gasteiger partial charge in [0.15, 0.2) is 6.23 Å². The summed E-state index contributed by atoms with van der Waals surface area (Å²) in [6.45, 7) is -0.741. The van der Waals surface area contributed by atoms with Crippen LogP contribution < -0.4 is 4.83 Å². The van der Waals surface area contributed by atoms with Crippen molar-refractivity contribution in [3.8, 4) is 11.5 Å². The summed E-state index contributed by atoms with van der Waals surface area (Å²) in [5.41, 5.74) is -0.0396. The summed E-state index contributed by atoms with van der Waals surface area (Å²) < 4.78 is 31.4. The Bertz CT molecular complexity index is 2150. The van der Waals surface area contributed by atoms with Gasteiger partial charge in [-0.2, -0.15) is 5.01 Å². The molecule has 4 heterocycles. The molecule has 2 aromatic heterocycles. The van der Waals surface area contributed by atoms with Crippen LogP contribution in [0.1, 0.15) is 26.9 Å². The normalized spacial score (nSPS) is 24.7. The van der Waals surface area contributed by atoms with Crippen molar-refractivity contribution >= 4 is 65.4 Å². The van der Waals surface area contributed by atoms with Crippen molar-refractivity contribution < 1.29 is 53.4 Å². The lowest BCUT2D eigenvalue weighted by Gasteiger charge is -2.41. The monoisotopic (exact) mass is 612 g/mol. The van der Waals surface area contributed by atoms with E-state index in [1.807, 2.05) is 4.83 Å². The molecule has 0 saturated carbocycles. The van der Waals surface area contributed by atoms with Crippen molar-refractivity contribution in [1.29, 1.82) is 0 Å². The van der Waals surface area contributed by atoms with E-state index >= 15 is 0 Å². The highest BCUT2D eigenvalue weighted by Gasteiger charge is 2.48. The zero-order chi connectivity index (χ0) is 30.7. The number of rotatable bonds is 4. The van der Waals surface area contributed by atoms with Crippen molar-refractivity contribution in [3.05, 3.63) is 47.5 Å². The predicted octanol–water partition coefficient (Wildman–Crippen LogP) is -0.127. The number of imide groups is 1. The summed E-state index contributed by atoms with van der Waals surface area (Å²) in [6, 6.07) is 8.78. The number of aliphatic hydroxyl groups is 4. The van der Waals surface area contributed by atoms with Gasteiger partial charge in [-0.05, 0) is 12.1 Å². The lowest BCUT2D eigenvalue weighted by atomic mass is 9.96. The van der Waals surface area contributed by atoms with Crippen molar-refractivity contribution in [2.24, 2.45) is 0 Å². The number of para-hydroxylation sites is 2. The van der Waals surface area contributed by atoms with E-state index in [0.29, 0.717) is 10.4 Å². The number of aromatic amines is 1. The number of aliphatic hydroxyl groups excluding tert-OH is 4. The van der Waals surface area contributed by atoms with Crippen LogP contribution in [-0.4, -0.2) is 103 Å². The molecule has 2 amide bonds. The molecule has 2 aliphatic rings. The second kappa shape index (κ2) is 9.10. The summed E-state index contributed by atoms with van der Waals surface area (Å²) >= 11 is 0. The van der Waals surface area contributed by atoms with Gasteiger partial charge in [0.25, 0.3) is 11.8 Å². The topological polar surface area (TPSA) is 235 Å². The van der Waals surface area contributed by atoms with Gasteiger partial charge in [-0.25, -0.2) is 8.42 Å². The Morgan fingerprint density at radius 2 is 1.49 bits per heavy atom. The second-order valence-electron chi connectivity index (χ2n) is 10.6. The van der Waals surface area contributed by atoms with Crippen LogP contribution in [0.2, 0.25) is 0 Å². The molecule has 0 spiro atoms. The molecule has 16 heteroatoms. The molecule has 2 aliphatic heterocycles. The Morgan fingerprint density at radius 3 is 2.14 bits per heavy atom. The number of nitrogens with one attached hydrogen (secondary N) is 2. The fourth-order valence-corrected chi connectivity index (χ4v) is 6.77. The number of hydrazine groups is 1. The van der Waals surface area contributed by atoms with Gasteiger partial charge in [-0.15, -0.1) is 4.83 Å². The average molecular weight is 613 g/mol.